The summed E-state index contributed by atoms with van der Waals surface area (Å²) >= 11 is 1.31. The van der Waals surface area contributed by atoms with Gasteiger partial charge in [0.1, 0.15) is 5.82 Å². The molecule has 0 bridgehead atoms. The Morgan fingerprint density at radius 1 is 1.25 bits per heavy atom. The Bertz CT molecular complexity index is 804. The first-order chi connectivity index (χ1) is 11.4. The number of nitrogens with zero attached hydrogens (tertiary/aromatic N) is 1. The van der Waals surface area contributed by atoms with E-state index >= 15 is 0 Å². The van der Waals surface area contributed by atoms with Gasteiger partial charge in [0, 0.05) is 30.9 Å². The Morgan fingerprint density at radius 3 is 2.67 bits per heavy atom. The summed E-state index contributed by atoms with van der Waals surface area (Å²) in [7, 11) is -3.58. The van der Waals surface area contributed by atoms with E-state index in [1.807, 2.05) is 0 Å². The Labute approximate surface area is 144 Å². The van der Waals surface area contributed by atoms with E-state index in [0.29, 0.717) is 19.5 Å². The smallest absolute Gasteiger partial charge is 0.241 e. The third kappa shape index (κ3) is 4.00. The summed E-state index contributed by atoms with van der Waals surface area (Å²) in [6, 6.07) is 7.27. The van der Waals surface area contributed by atoms with Gasteiger partial charge in [-0.2, -0.15) is 11.3 Å². The third-order valence-electron chi connectivity index (χ3n) is 3.93. The van der Waals surface area contributed by atoms with Crippen LogP contribution in [0, 0.1) is 5.82 Å². The molecule has 3 rings (SSSR count). The van der Waals surface area contributed by atoms with Crippen LogP contribution in [0.2, 0.25) is 0 Å². The van der Waals surface area contributed by atoms with Crippen molar-refractivity contribution < 1.29 is 17.6 Å². The van der Waals surface area contributed by atoms with Gasteiger partial charge in [-0.3, -0.25) is 4.79 Å². The lowest BCUT2D eigenvalue weighted by Gasteiger charge is -2.17. The molecule has 1 aliphatic rings. The van der Waals surface area contributed by atoms with Crippen LogP contribution in [0.25, 0.3) is 0 Å². The summed E-state index contributed by atoms with van der Waals surface area (Å²) < 4.78 is 39.9. The lowest BCUT2D eigenvalue weighted by molar-refractivity contribution is -0.127. The molecule has 0 aliphatic carbocycles. The first kappa shape index (κ1) is 17.1. The Balaban J connectivity index is 1.56. The molecule has 0 radical (unpaired) electrons. The third-order valence-corrected chi connectivity index (χ3v) is 6.28. The van der Waals surface area contributed by atoms with Crippen molar-refractivity contribution in [3.05, 3.63) is 52.5 Å². The zero-order chi connectivity index (χ0) is 17.2. The van der Waals surface area contributed by atoms with Crippen LogP contribution in [0.3, 0.4) is 0 Å². The van der Waals surface area contributed by atoms with Crippen molar-refractivity contribution >= 4 is 27.3 Å². The minimum atomic E-state index is -3.58. The van der Waals surface area contributed by atoms with E-state index in [0.717, 1.165) is 5.56 Å². The van der Waals surface area contributed by atoms with Crippen molar-refractivity contribution in [2.45, 2.75) is 23.8 Å². The van der Waals surface area contributed by atoms with Crippen LogP contribution in [-0.4, -0.2) is 38.4 Å². The number of hydrogen-bond donors (Lipinski definition) is 1. The highest BCUT2D eigenvalue weighted by Gasteiger charge is 2.32. The number of halogens is 1. The molecule has 1 aromatic heterocycles. The topological polar surface area (TPSA) is 66.5 Å². The lowest BCUT2D eigenvalue weighted by Crippen LogP contribution is -2.37. The minimum absolute atomic E-state index is 0.0740. The highest BCUT2D eigenvalue weighted by molar-refractivity contribution is 7.89. The number of rotatable bonds is 6. The molecule has 8 heteroatoms. The molecule has 2 aromatic rings. The second-order valence-corrected chi connectivity index (χ2v) is 8.19. The SMILES string of the molecule is O=C1C[C@H](NS(=O)(=O)c2ccsc2)CN1CCc1ccc(F)cc1. The average molecular weight is 368 g/mol. The number of carbonyl (C=O) groups is 1. The zero-order valence-electron chi connectivity index (χ0n) is 12.8. The van der Waals surface area contributed by atoms with Crippen molar-refractivity contribution in [3.8, 4) is 0 Å². The summed E-state index contributed by atoms with van der Waals surface area (Å²) in [5.74, 6) is -0.367. The van der Waals surface area contributed by atoms with Gasteiger partial charge in [-0.05, 0) is 35.6 Å². The quantitative estimate of drug-likeness (QED) is 0.848. The summed E-state index contributed by atoms with van der Waals surface area (Å²) in [4.78, 5) is 13.9. The van der Waals surface area contributed by atoms with Gasteiger partial charge >= 0.3 is 0 Å². The predicted molar refractivity (Wildman–Crippen MR) is 89.7 cm³/mol. The molecule has 2 heterocycles. The summed E-state index contributed by atoms with van der Waals surface area (Å²) in [5, 5.41) is 3.26. The fraction of sp³-hybridized carbons (Fsp3) is 0.312. The monoisotopic (exact) mass is 368 g/mol. The largest absolute Gasteiger partial charge is 0.341 e. The second-order valence-electron chi connectivity index (χ2n) is 5.70. The van der Waals surface area contributed by atoms with E-state index in [4.69, 9.17) is 0 Å². The maximum absolute atomic E-state index is 12.9. The number of likely N-dealkylation sites (tertiary alicyclic amines) is 1. The molecule has 0 saturated carbocycles. The Hall–Kier alpha value is -1.77. The number of amides is 1. The average Bonchev–Trinajstić information content (AvgIpc) is 3.17. The molecule has 1 amide bonds. The molecule has 0 spiro atoms. The first-order valence-corrected chi connectivity index (χ1v) is 9.93. The summed E-state index contributed by atoms with van der Waals surface area (Å²) in [6.07, 6.45) is 0.767. The number of hydrogen-bond acceptors (Lipinski definition) is 4. The lowest BCUT2D eigenvalue weighted by atomic mass is 10.1. The Kier molecular flexibility index (Phi) is 4.98. The number of sulfonamides is 1. The minimum Gasteiger partial charge on any atom is -0.341 e. The maximum atomic E-state index is 12.9. The maximum Gasteiger partial charge on any atom is 0.241 e. The first-order valence-electron chi connectivity index (χ1n) is 7.51. The molecule has 24 heavy (non-hydrogen) atoms. The van der Waals surface area contributed by atoms with Crippen LogP contribution in [0.1, 0.15) is 12.0 Å². The van der Waals surface area contributed by atoms with Crippen LogP contribution >= 0.6 is 11.3 Å². The van der Waals surface area contributed by atoms with Gasteiger partial charge in [-0.1, -0.05) is 12.1 Å². The summed E-state index contributed by atoms with van der Waals surface area (Å²) in [6.45, 7) is 0.838. The molecule has 1 atom stereocenters. The highest BCUT2D eigenvalue weighted by Crippen LogP contribution is 2.17. The van der Waals surface area contributed by atoms with Crippen LogP contribution < -0.4 is 4.72 Å². The van der Waals surface area contributed by atoms with Crippen molar-refractivity contribution in [3.63, 3.8) is 0 Å². The van der Waals surface area contributed by atoms with Gasteiger partial charge in [0.05, 0.1) is 4.90 Å². The molecule has 1 saturated heterocycles. The highest BCUT2D eigenvalue weighted by atomic mass is 32.2. The van der Waals surface area contributed by atoms with E-state index in [9.17, 15) is 17.6 Å². The fourth-order valence-corrected chi connectivity index (χ4v) is 4.93. The van der Waals surface area contributed by atoms with E-state index in [1.165, 1.54) is 29.5 Å². The zero-order valence-corrected chi connectivity index (χ0v) is 14.4. The van der Waals surface area contributed by atoms with E-state index in [-0.39, 0.29) is 23.0 Å². The van der Waals surface area contributed by atoms with Crippen molar-refractivity contribution in [1.82, 2.24) is 9.62 Å². The standard InChI is InChI=1S/C16H17FN2O3S2/c17-13-3-1-12(2-4-13)5-7-19-10-14(9-16(19)20)18-24(21,22)15-6-8-23-11-15/h1-4,6,8,11,14,18H,5,7,9-10H2/t14-/m0/s1. The van der Waals surface area contributed by atoms with Gasteiger partial charge in [0.2, 0.25) is 15.9 Å². The van der Waals surface area contributed by atoms with Crippen LogP contribution in [0.5, 0.6) is 0 Å². The molecular weight excluding hydrogens is 351 g/mol. The molecular formula is C16H17FN2O3S2. The van der Waals surface area contributed by atoms with Crippen molar-refractivity contribution in [1.29, 1.82) is 0 Å². The normalized spacial score (nSPS) is 18.3. The molecule has 1 N–H and O–H groups in total. The van der Waals surface area contributed by atoms with Crippen LogP contribution in [0.4, 0.5) is 4.39 Å². The van der Waals surface area contributed by atoms with E-state index < -0.39 is 16.1 Å². The van der Waals surface area contributed by atoms with Gasteiger partial charge in [0.25, 0.3) is 0 Å². The van der Waals surface area contributed by atoms with Gasteiger partial charge in [0.15, 0.2) is 0 Å². The van der Waals surface area contributed by atoms with Crippen molar-refractivity contribution in [2.24, 2.45) is 0 Å². The van der Waals surface area contributed by atoms with E-state index in [1.54, 1.807) is 27.8 Å². The predicted octanol–water partition coefficient (Wildman–Crippen LogP) is 2.01. The molecule has 1 aromatic carbocycles. The number of thiophene rings is 1. The molecule has 1 fully saturated rings. The van der Waals surface area contributed by atoms with Crippen molar-refractivity contribution in [2.75, 3.05) is 13.1 Å². The summed E-state index contributed by atoms with van der Waals surface area (Å²) in [5.41, 5.74) is 0.937. The molecule has 5 nitrogen and oxygen atoms in total. The Morgan fingerprint density at radius 2 is 2.00 bits per heavy atom. The number of nitrogens with one attached hydrogen (secondary N) is 1. The molecule has 1 aliphatic heterocycles. The van der Waals surface area contributed by atoms with Crippen LogP contribution in [0.15, 0.2) is 46.0 Å². The van der Waals surface area contributed by atoms with Gasteiger partial charge in [-0.15, -0.1) is 0 Å². The van der Waals surface area contributed by atoms with E-state index in [2.05, 4.69) is 4.72 Å². The van der Waals surface area contributed by atoms with Gasteiger partial charge in [-0.25, -0.2) is 17.5 Å². The van der Waals surface area contributed by atoms with Gasteiger partial charge < -0.3 is 4.90 Å². The second kappa shape index (κ2) is 7.00. The molecule has 128 valence electrons. The number of benzene rings is 1. The van der Waals surface area contributed by atoms with Crippen LogP contribution in [-0.2, 0) is 21.2 Å². The number of carbonyl (C=O) groups excluding carboxylic acids is 1. The molecule has 0 unspecified atom stereocenters. The fourth-order valence-electron chi connectivity index (χ4n) is 2.67.